The predicted molar refractivity (Wildman–Crippen MR) is 99.3 cm³/mol. The zero-order valence-electron chi connectivity index (χ0n) is 13.1. The molecule has 0 saturated carbocycles. The van der Waals surface area contributed by atoms with Gasteiger partial charge in [0, 0.05) is 16.3 Å². The highest BCUT2D eigenvalue weighted by molar-refractivity contribution is 7.98. The van der Waals surface area contributed by atoms with Crippen LogP contribution in [0, 0.1) is 0 Å². The van der Waals surface area contributed by atoms with Gasteiger partial charge in [0.15, 0.2) is 0 Å². The molecule has 3 rings (SSSR count). The Kier molecular flexibility index (Phi) is 5.56. The van der Waals surface area contributed by atoms with E-state index >= 15 is 0 Å². The molecule has 1 heterocycles. The topological polar surface area (TPSA) is 50.8 Å². The van der Waals surface area contributed by atoms with E-state index in [0.29, 0.717) is 15.9 Å². The van der Waals surface area contributed by atoms with Gasteiger partial charge >= 0.3 is 0 Å². The lowest BCUT2D eigenvalue weighted by atomic mass is 10.2. The zero-order chi connectivity index (χ0) is 16.8. The highest BCUT2D eigenvalue weighted by Gasteiger charge is 2.07. The molecule has 0 aliphatic heterocycles. The van der Waals surface area contributed by atoms with Gasteiger partial charge in [-0.2, -0.15) is 0 Å². The van der Waals surface area contributed by atoms with Gasteiger partial charge in [-0.15, -0.1) is 5.10 Å². The van der Waals surface area contributed by atoms with Gasteiger partial charge in [-0.1, -0.05) is 59.8 Å². The molecule has 4 nitrogen and oxygen atoms in total. The van der Waals surface area contributed by atoms with Crippen molar-refractivity contribution in [3.8, 4) is 5.75 Å². The number of nitrogens with one attached hydrogen (secondary N) is 1. The average molecular weight is 358 g/mol. The van der Waals surface area contributed by atoms with Crippen molar-refractivity contribution in [3.05, 3.63) is 70.5 Å². The highest BCUT2D eigenvalue weighted by Crippen LogP contribution is 2.28. The van der Waals surface area contributed by atoms with Crippen LogP contribution in [0.3, 0.4) is 0 Å². The van der Waals surface area contributed by atoms with Crippen LogP contribution in [0.15, 0.2) is 53.7 Å². The van der Waals surface area contributed by atoms with Crippen molar-refractivity contribution >= 4 is 35.5 Å². The quantitative estimate of drug-likeness (QED) is 0.635. The number of H-pyrrole nitrogens is 1. The van der Waals surface area contributed by atoms with Crippen LogP contribution in [-0.4, -0.2) is 22.3 Å². The number of ether oxygens (including phenoxy) is 1. The fraction of sp³-hybridized carbons (Fsp3) is 0.111. The Balaban J connectivity index is 1.64. The summed E-state index contributed by atoms with van der Waals surface area (Å²) < 4.78 is 5.35. The molecule has 0 radical (unpaired) electrons. The van der Waals surface area contributed by atoms with Crippen molar-refractivity contribution in [1.29, 1.82) is 0 Å². The molecule has 0 bridgehead atoms. The summed E-state index contributed by atoms with van der Waals surface area (Å²) in [5, 5.41) is 8.52. The summed E-state index contributed by atoms with van der Waals surface area (Å²) in [6.45, 7) is 0. The van der Waals surface area contributed by atoms with Gasteiger partial charge in [0.25, 0.3) is 0 Å². The molecule has 2 aromatic carbocycles. The lowest BCUT2D eigenvalue weighted by Crippen LogP contribution is -1.90. The number of halogens is 1. The second kappa shape index (κ2) is 8.04. The maximum atomic E-state index is 6.05. The number of hydrogen-bond donors (Lipinski definition) is 1. The molecule has 0 aliphatic rings. The number of hydrogen-bond acceptors (Lipinski definition) is 4. The predicted octanol–water partition coefficient (Wildman–Crippen LogP) is 4.93. The normalized spacial score (nSPS) is 11.1. The summed E-state index contributed by atoms with van der Waals surface area (Å²) in [6.07, 6.45) is 3.90. The number of benzene rings is 2. The SMILES string of the molecule is COc1ccc(Cl)cc1CSc1n[nH]c(/C=C/c2ccccc2)n1. The second-order valence-corrected chi connectivity index (χ2v) is 6.37. The van der Waals surface area contributed by atoms with E-state index in [9.17, 15) is 0 Å². The molecule has 3 aromatic rings. The summed E-state index contributed by atoms with van der Waals surface area (Å²) in [6, 6.07) is 15.6. The van der Waals surface area contributed by atoms with Crippen LogP contribution in [0.25, 0.3) is 12.2 Å². The summed E-state index contributed by atoms with van der Waals surface area (Å²) in [4.78, 5) is 4.45. The van der Waals surface area contributed by atoms with E-state index in [2.05, 4.69) is 15.2 Å². The minimum atomic E-state index is 0.684. The standard InChI is InChI=1S/C18H16ClN3OS/c1-23-16-9-8-15(19)11-14(16)12-24-18-20-17(21-22-18)10-7-13-5-3-2-4-6-13/h2-11H,12H2,1H3,(H,20,21,22)/b10-7+. The van der Waals surface area contributed by atoms with Gasteiger partial charge in [0.05, 0.1) is 7.11 Å². The van der Waals surface area contributed by atoms with Gasteiger partial charge in [0.2, 0.25) is 5.16 Å². The van der Waals surface area contributed by atoms with E-state index in [1.165, 1.54) is 11.8 Å². The first-order valence-corrected chi connectivity index (χ1v) is 8.72. The fourth-order valence-electron chi connectivity index (χ4n) is 2.14. The zero-order valence-corrected chi connectivity index (χ0v) is 14.6. The molecule has 0 unspecified atom stereocenters. The second-order valence-electron chi connectivity index (χ2n) is 4.99. The molecule has 6 heteroatoms. The van der Waals surface area contributed by atoms with Crippen LogP contribution >= 0.6 is 23.4 Å². The van der Waals surface area contributed by atoms with E-state index in [4.69, 9.17) is 16.3 Å². The van der Waals surface area contributed by atoms with Crippen molar-refractivity contribution in [2.24, 2.45) is 0 Å². The largest absolute Gasteiger partial charge is 0.496 e. The number of nitrogens with zero attached hydrogens (tertiary/aromatic N) is 2. The average Bonchev–Trinajstić information content (AvgIpc) is 3.07. The first-order valence-electron chi connectivity index (χ1n) is 7.35. The third-order valence-electron chi connectivity index (χ3n) is 3.31. The Hall–Kier alpha value is -2.24. The minimum absolute atomic E-state index is 0.684. The van der Waals surface area contributed by atoms with Crippen LogP contribution < -0.4 is 4.74 Å². The van der Waals surface area contributed by atoms with E-state index < -0.39 is 0 Å². The lowest BCUT2D eigenvalue weighted by Gasteiger charge is -2.07. The molecule has 24 heavy (non-hydrogen) atoms. The Morgan fingerprint density at radius 1 is 1.17 bits per heavy atom. The minimum Gasteiger partial charge on any atom is -0.496 e. The number of thioether (sulfide) groups is 1. The van der Waals surface area contributed by atoms with Gasteiger partial charge in [0.1, 0.15) is 11.6 Å². The number of rotatable bonds is 6. The smallest absolute Gasteiger partial charge is 0.209 e. The lowest BCUT2D eigenvalue weighted by molar-refractivity contribution is 0.411. The maximum Gasteiger partial charge on any atom is 0.209 e. The molecule has 0 saturated heterocycles. The summed E-state index contributed by atoms with van der Waals surface area (Å²) in [7, 11) is 1.65. The van der Waals surface area contributed by atoms with Crippen molar-refractivity contribution in [3.63, 3.8) is 0 Å². The number of aromatic amines is 1. The van der Waals surface area contributed by atoms with E-state index in [1.54, 1.807) is 7.11 Å². The third-order valence-corrected chi connectivity index (χ3v) is 4.45. The molecule has 0 spiro atoms. The number of methoxy groups -OCH3 is 1. The van der Waals surface area contributed by atoms with Crippen LogP contribution in [0.1, 0.15) is 17.0 Å². The van der Waals surface area contributed by atoms with Crippen molar-refractivity contribution in [2.75, 3.05) is 7.11 Å². The fourth-order valence-corrected chi connectivity index (χ4v) is 3.12. The van der Waals surface area contributed by atoms with Crippen molar-refractivity contribution in [1.82, 2.24) is 15.2 Å². The third kappa shape index (κ3) is 4.40. The first-order chi connectivity index (χ1) is 11.7. The number of aromatic nitrogens is 3. The van der Waals surface area contributed by atoms with E-state index in [-0.39, 0.29) is 0 Å². The summed E-state index contributed by atoms with van der Waals surface area (Å²) >= 11 is 7.58. The molecule has 0 aliphatic carbocycles. The van der Waals surface area contributed by atoms with E-state index in [0.717, 1.165) is 22.7 Å². The van der Waals surface area contributed by atoms with Gasteiger partial charge < -0.3 is 4.74 Å². The van der Waals surface area contributed by atoms with Crippen LogP contribution in [-0.2, 0) is 5.75 Å². The Morgan fingerprint density at radius 2 is 2.00 bits per heavy atom. The molecule has 0 fully saturated rings. The van der Waals surface area contributed by atoms with E-state index in [1.807, 2.05) is 60.7 Å². The van der Waals surface area contributed by atoms with Crippen LogP contribution in [0.2, 0.25) is 5.02 Å². The van der Waals surface area contributed by atoms with Gasteiger partial charge in [-0.25, -0.2) is 4.98 Å². The Morgan fingerprint density at radius 3 is 2.79 bits per heavy atom. The molecular weight excluding hydrogens is 342 g/mol. The molecule has 0 atom stereocenters. The van der Waals surface area contributed by atoms with Crippen molar-refractivity contribution in [2.45, 2.75) is 10.9 Å². The Bertz CT molecular complexity index is 833. The summed E-state index contributed by atoms with van der Waals surface area (Å²) in [5.41, 5.74) is 2.13. The monoisotopic (exact) mass is 357 g/mol. The first kappa shape index (κ1) is 16.6. The van der Waals surface area contributed by atoms with Crippen molar-refractivity contribution < 1.29 is 4.74 Å². The molecular formula is C18H16ClN3OS. The molecule has 1 N–H and O–H groups in total. The molecule has 122 valence electrons. The highest BCUT2D eigenvalue weighted by atomic mass is 35.5. The maximum absolute atomic E-state index is 6.05. The Labute approximate surface area is 149 Å². The van der Waals surface area contributed by atoms with Gasteiger partial charge in [-0.3, -0.25) is 5.10 Å². The van der Waals surface area contributed by atoms with Crippen LogP contribution in [0.5, 0.6) is 5.75 Å². The molecule has 0 amide bonds. The summed E-state index contributed by atoms with van der Waals surface area (Å²) in [5.74, 6) is 2.22. The van der Waals surface area contributed by atoms with Gasteiger partial charge in [-0.05, 0) is 29.8 Å². The molecule has 1 aromatic heterocycles. The van der Waals surface area contributed by atoms with Crippen LogP contribution in [0.4, 0.5) is 0 Å².